The molecule has 0 unspecified atom stereocenters. The maximum atomic E-state index is 10.6. The molecule has 11 nitrogen and oxygen atoms in total. The first-order chi connectivity index (χ1) is 20.7. The van der Waals surface area contributed by atoms with Gasteiger partial charge in [-0.25, -0.2) is 14.4 Å². The Hall–Kier alpha value is -3.91. The molecule has 4 rings (SSSR count). The van der Waals surface area contributed by atoms with E-state index < -0.39 is 36.4 Å². The predicted molar refractivity (Wildman–Crippen MR) is 132 cm³/mol. The highest BCUT2D eigenvalue weighted by Gasteiger charge is 2.44. The molecule has 0 spiro atoms. The molecule has 254 valence electrons. The van der Waals surface area contributed by atoms with Crippen molar-refractivity contribution in [2.75, 3.05) is 26.7 Å². The zero-order valence-electron chi connectivity index (χ0n) is 23.1. The number of likely N-dealkylation sites (tertiary alicyclic amines) is 2. The fraction of sp³-hybridized carbons (Fsp3) is 0.520. The van der Waals surface area contributed by atoms with Gasteiger partial charge in [-0.15, -0.1) is 0 Å². The second-order valence-corrected chi connectivity index (χ2v) is 9.31. The molecule has 2 fully saturated rings. The van der Waals surface area contributed by atoms with Crippen LogP contribution in [0.15, 0.2) is 47.3 Å². The summed E-state index contributed by atoms with van der Waals surface area (Å²) in [7, 11) is 1.85. The van der Waals surface area contributed by atoms with Crippen LogP contribution in [-0.4, -0.2) is 105 Å². The van der Waals surface area contributed by atoms with Crippen molar-refractivity contribution in [1.29, 1.82) is 0 Å². The van der Waals surface area contributed by atoms with Gasteiger partial charge in [0, 0.05) is 57.6 Å². The van der Waals surface area contributed by atoms with Crippen LogP contribution in [0, 0.1) is 5.92 Å². The van der Waals surface area contributed by atoms with Crippen LogP contribution in [0.2, 0.25) is 0 Å². The number of halogens is 9. The second-order valence-electron chi connectivity index (χ2n) is 9.31. The highest BCUT2D eigenvalue weighted by atomic mass is 19.4. The standard InChI is InChI=1S/C19H25N3O2.3C2HF3O2/c1-23-19-6-8-22(11-15-4-2-7-20-10-15)18-14-21(13-17(18)19)12-16-5-3-9-24-16;3*3-2(4,5)1(6)7/h2-5,7,9-10,17-19H,6,8,11-14H2,1H3;3*(H,6,7)/t17-,18+,19-;;;/m0.../s1. The number of aliphatic carboxylic acids is 3. The van der Waals surface area contributed by atoms with E-state index in [2.05, 4.69) is 26.9 Å². The van der Waals surface area contributed by atoms with Crippen LogP contribution in [0.4, 0.5) is 39.5 Å². The van der Waals surface area contributed by atoms with E-state index in [1.807, 2.05) is 31.6 Å². The van der Waals surface area contributed by atoms with Crippen LogP contribution < -0.4 is 0 Å². The minimum atomic E-state index is -5.08. The Bertz CT molecular complexity index is 1140. The number of hydrogen-bond donors (Lipinski definition) is 3. The summed E-state index contributed by atoms with van der Waals surface area (Å²) in [6.07, 6.45) is -8.21. The van der Waals surface area contributed by atoms with Crippen molar-refractivity contribution in [2.45, 2.75) is 50.2 Å². The number of ether oxygens (including phenoxy) is 1. The van der Waals surface area contributed by atoms with Crippen LogP contribution in [0.1, 0.15) is 17.7 Å². The summed E-state index contributed by atoms with van der Waals surface area (Å²) in [6, 6.07) is 8.75. The molecule has 2 aromatic rings. The molecule has 3 atom stereocenters. The molecule has 0 radical (unpaired) electrons. The maximum absolute atomic E-state index is 10.6. The van der Waals surface area contributed by atoms with Crippen molar-refractivity contribution in [1.82, 2.24) is 14.8 Å². The van der Waals surface area contributed by atoms with Gasteiger partial charge in [-0.05, 0) is 30.2 Å². The van der Waals surface area contributed by atoms with Crippen molar-refractivity contribution < 1.29 is 78.4 Å². The van der Waals surface area contributed by atoms with Gasteiger partial charge in [0.15, 0.2) is 0 Å². The lowest BCUT2D eigenvalue weighted by molar-refractivity contribution is -0.193. The van der Waals surface area contributed by atoms with Gasteiger partial charge in [0.2, 0.25) is 0 Å². The van der Waals surface area contributed by atoms with Crippen LogP contribution >= 0.6 is 0 Å². The van der Waals surface area contributed by atoms with Crippen LogP contribution in [-0.2, 0) is 32.2 Å². The third-order valence-corrected chi connectivity index (χ3v) is 6.15. The van der Waals surface area contributed by atoms with E-state index in [9.17, 15) is 39.5 Å². The first kappa shape index (κ1) is 39.1. The highest BCUT2D eigenvalue weighted by molar-refractivity contribution is 5.73. The molecule has 0 bridgehead atoms. The Kier molecular flexibility index (Phi) is 14.7. The minimum absolute atomic E-state index is 0.363. The second kappa shape index (κ2) is 17.0. The van der Waals surface area contributed by atoms with Crippen LogP contribution in [0.3, 0.4) is 0 Å². The lowest BCUT2D eigenvalue weighted by Gasteiger charge is -2.41. The molecule has 0 saturated carbocycles. The number of furan rings is 1. The van der Waals surface area contributed by atoms with Gasteiger partial charge in [-0.3, -0.25) is 14.8 Å². The fourth-order valence-electron chi connectivity index (χ4n) is 4.29. The molecule has 3 N–H and O–H groups in total. The lowest BCUT2D eigenvalue weighted by Crippen LogP contribution is -2.50. The van der Waals surface area contributed by atoms with Crippen LogP contribution in [0.5, 0.6) is 0 Å². The van der Waals surface area contributed by atoms with Gasteiger partial charge in [0.25, 0.3) is 0 Å². The van der Waals surface area contributed by atoms with Crippen LogP contribution in [0.25, 0.3) is 0 Å². The number of carboxylic acids is 3. The average Bonchev–Trinajstić information content (AvgIpc) is 3.59. The third kappa shape index (κ3) is 14.2. The number of rotatable bonds is 5. The van der Waals surface area contributed by atoms with E-state index in [4.69, 9.17) is 38.9 Å². The molecule has 2 aromatic heterocycles. The van der Waals surface area contributed by atoms with Crippen molar-refractivity contribution >= 4 is 17.9 Å². The number of methoxy groups -OCH3 is 1. The maximum Gasteiger partial charge on any atom is 0.490 e. The molecule has 0 aliphatic carbocycles. The van der Waals surface area contributed by atoms with Gasteiger partial charge in [0.05, 0.1) is 18.9 Å². The number of nitrogens with zero attached hydrogens (tertiary/aromatic N) is 3. The van der Waals surface area contributed by atoms with E-state index in [-0.39, 0.29) is 0 Å². The topological polar surface area (TPSA) is 154 Å². The minimum Gasteiger partial charge on any atom is -0.475 e. The van der Waals surface area contributed by atoms with Gasteiger partial charge < -0.3 is 24.5 Å². The highest BCUT2D eigenvalue weighted by Crippen LogP contribution is 2.34. The number of piperidine rings is 1. The Morgan fingerprint density at radius 1 is 0.889 bits per heavy atom. The van der Waals surface area contributed by atoms with Crippen molar-refractivity contribution in [3.63, 3.8) is 0 Å². The van der Waals surface area contributed by atoms with Gasteiger partial charge in [-0.2, -0.15) is 39.5 Å². The first-order valence-corrected chi connectivity index (χ1v) is 12.5. The van der Waals surface area contributed by atoms with E-state index in [1.54, 1.807) is 6.26 Å². The Labute approximate surface area is 248 Å². The van der Waals surface area contributed by atoms with E-state index in [1.165, 1.54) is 5.56 Å². The summed E-state index contributed by atoms with van der Waals surface area (Å²) in [4.78, 5) is 36.1. The molecular formula is C25H28F9N3O8. The zero-order valence-corrected chi connectivity index (χ0v) is 23.1. The Morgan fingerprint density at radius 3 is 1.82 bits per heavy atom. The molecule has 0 amide bonds. The Balaban J connectivity index is 0.000000396. The molecular weight excluding hydrogens is 641 g/mol. The molecule has 4 heterocycles. The van der Waals surface area contributed by atoms with E-state index in [0.717, 1.165) is 44.9 Å². The average molecular weight is 669 g/mol. The summed E-state index contributed by atoms with van der Waals surface area (Å²) in [5.74, 6) is -6.66. The summed E-state index contributed by atoms with van der Waals surface area (Å²) >= 11 is 0. The van der Waals surface area contributed by atoms with Crippen molar-refractivity contribution in [3.8, 4) is 0 Å². The molecule has 2 aliphatic rings. The number of aromatic nitrogens is 1. The first-order valence-electron chi connectivity index (χ1n) is 12.5. The number of pyridine rings is 1. The number of hydrogen-bond acceptors (Lipinski definition) is 8. The normalized spacial score (nSPS) is 20.3. The molecule has 20 heteroatoms. The monoisotopic (exact) mass is 669 g/mol. The Morgan fingerprint density at radius 2 is 1.42 bits per heavy atom. The summed E-state index contributed by atoms with van der Waals surface area (Å²) < 4.78 is 107. The quantitative estimate of drug-likeness (QED) is 0.391. The van der Waals surface area contributed by atoms with Crippen molar-refractivity contribution in [2.24, 2.45) is 5.92 Å². The summed E-state index contributed by atoms with van der Waals surface area (Å²) in [6.45, 7) is 5.10. The van der Waals surface area contributed by atoms with Gasteiger partial charge in [0.1, 0.15) is 5.76 Å². The smallest absolute Gasteiger partial charge is 0.475 e. The lowest BCUT2D eigenvalue weighted by atomic mass is 9.88. The number of carbonyl (C=O) groups is 3. The fourth-order valence-corrected chi connectivity index (χ4v) is 4.29. The number of alkyl halides is 9. The third-order valence-electron chi connectivity index (χ3n) is 6.15. The van der Waals surface area contributed by atoms with E-state index >= 15 is 0 Å². The molecule has 2 aliphatic heterocycles. The zero-order chi connectivity index (χ0) is 34.6. The van der Waals surface area contributed by atoms with Crippen molar-refractivity contribution in [3.05, 3.63) is 54.2 Å². The SMILES string of the molecule is CO[C@H]1CCN(Cc2cccnc2)[C@@H]2CN(Cc3ccco3)C[C@H]12.O=C(O)C(F)(F)F.O=C(O)C(F)(F)F.O=C(O)C(F)(F)F. The number of carboxylic acid groups (broad SMARTS) is 3. The largest absolute Gasteiger partial charge is 0.490 e. The van der Waals surface area contributed by atoms with Gasteiger partial charge >= 0.3 is 36.4 Å². The molecule has 45 heavy (non-hydrogen) atoms. The molecule has 0 aromatic carbocycles. The number of fused-ring (bicyclic) bond motifs is 1. The molecule has 2 saturated heterocycles. The van der Waals surface area contributed by atoms with E-state index in [0.29, 0.717) is 18.1 Å². The summed E-state index contributed by atoms with van der Waals surface area (Å²) in [5, 5.41) is 21.4. The summed E-state index contributed by atoms with van der Waals surface area (Å²) in [5.41, 5.74) is 1.29. The van der Waals surface area contributed by atoms with Gasteiger partial charge in [-0.1, -0.05) is 6.07 Å². The predicted octanol–water partition coefficient (Wildman–Crippen LogP) is 4.30.